The molecular weight excluding hydrogens is 426 g/mol. The Labute approximate surface area is 189 Å². The molecule has 4 aromatic rings. The summed E-state index contributed by atoms with van der Waals surface area (Å²) in [5, 5.41) is 2.50. The van der Waals surface area contributed by atoms with Crippen LogP contribution in [-0.2, 0) is 4.74 Å². The molecule has 33 heavy (non-hydrogen) atoms. The second kappa shape index (κ2) is 8.91. The molecule has 0 radical (unpaired) electrons. The Kier molecular flexibility index (Phi) is 5.85. The summed E-state index contributed by atoms with van der Waals surface area (Å²) < 4.78 is 11.6. The third-order valence-electron chi connectivity index (χ3n) is 4.95. The lowest BCUT2D eigenvalue weighted by Gasteiger charge is -2.17. The maximum Gasteiger partial charge on any atom is 0.412 e. The summed E-state index contributed by atoms with van der Waals surface area (Å²) in [5.74, 6) is 1.04. The van der Waals surface area contributed by atoms with Gasteiger partial charge in [0.25, 0.3) is 5.91 Å². The lowest BCUT2D eigenvalue weighted by Crippen LogP contribution is -2.28. The molecule has 0 spiro atoms. The maximum absolute atomic E-state index is 13.2. The fourth-order valence-corrected chi connectivity index (χ4v) is 3.22. The molecule has 4 aromatic heterocycles. The van der Waals surface area contributed by atoms with Gasteiger partial charge in [0, 0.05) is 37.3 Å². The molecule has 0 aromatic carbocycles. The lowest BCUT2D eigenvalue weighted by molar-refractivity contribution is 0.0987. The van der Waals surface area contributed by atoms with Gasteiger partial charge in [-0.1, -0.05) is 0 Å². The number of imidazole rings is 1. The smallest absolute Gasteiger partial charge is 0.412 e. The van der Waals surface area contributed by atoms with Gasteiger partial charge in [0.1, 0.15) is 23.1 Å². The first-order valence-corrected chi connectivity index (χ1v) is 9.85. The number of nitrogens with one attached hydrogen (secondary N) is 1. The first-order valence-electron chi connectivity index (χ1n) is 9.85. The van der Waals surface area contributed by atoms with Crippen LogP contribution in [0.5, 0.6) is 5.75 Å². The zero-order valence-corrected chi connectivity index (χ0v) is 18.4. The average Bonchev–Trinajstić information content (AvgIpc) is 3.28. The van der Waals surface area contributed by atoms with Crippen LogP contribution in [0, 0.1) is 6.92 Å². The standard InChI is InChI=1S/C22H21N7O4/c1-13-20-25-11-17(14-5-6-18(24-10-14)27-22(31)33-4)29(20)12-16(26-13)21(30)28(2)19-9-15(32-3)7-8-23-19/h5-12H,1-4H3,(H,24,27,31). The molecule has 0 aliphatic carbocycles. The number of pyridine rings is 2. The van der Waals surface area contributed by atoms with E-state index in [-0.39, 0.29) is 11.6 Å². The highest BCUT2D eigenvalue weighted by atomic mass is 16.5. The Hall–Kier alpha value is -4.54. The topological polar surface area (TPSA) is 124 Å². The summed E-state index contributed by atoms with van der Waals surface area (Å²) in [5.41, 5.74) is 2.88. The van der Waals surface area contributed by atoms with Gasteiger partial charge < -0.3 is 9.47 Å². The molecule has 0 saturated carbocycles. The van der Waals surface area contributed by atoms with E-state index in [1.165, 1.54) is 12.0 Å². The van der Waals surface area contributed by atoms with Crippen LogP contribution >= 0.6 is 0 Å². The minimum atomic E-state index is -0.607. The number of aryl methyl sites for hydroxylation is 1. The van der Waals surface area contributed by atoms with E-state index in [4.69, 9.17) is 4.74 Å². The van der Waals surface area contributed by atoms with Gasteiger partial charge in [0.15, 0.2) is 5.65 Å². The normalized spacial score (nSPS) is 10.7. The van der Waals surface area contributed by atoms with Gasteiger partial charge in [-0.2, -0.15) is 0 Å². The van der Waals surface area contributed by atoms with E-state index in [0.717, 1.165) is 5.56 Å². The molecule has 4 heterocycles. The summed E-state index contributed by atoms with van der Waals surface area (Å²) in [4.78, 5) is 43.3. The second-order valence-corrected chi connectivity index (χ2v) is 7.02. The summed E-state index contributed by atoms with van der Waals surface area (Å²) in [6, 6.07) is 6.80. The monoisotopic (exact) mass is 447 g/mol. The number of fused-ring (bicyclic) bond motifs is 1. The number of rotatable bonds is 5. The Bertz CT molecular complexity index is 1330. The van der Waals surface area contributed by atoms with Gasteiger partial charge in [-0.25, -0.2) is 24.7 Å². The fraction of sp³-hybridized carbons (Fsp3) is 0.182. The third kappa shape index (κ3) is 4.28. The number of carbonyl (C=O) groups excluding carboxylic acids is 2. The molecule has 0 bridgehead atoms. The minimum absolute atomic E-state index is 0.225. The van der Waals surface area contributed by atoms with Crippen LogP contribution in [0.25, 0.3) is 16.9 Å². The average molecular weight is 447 g/mol. The van der Waals surface area contributed by atoms with E-state index < -0.39 is 6.09 Å². The minimum Gasteiger partial charge on any atom is -0.497 e. The van der Waals surface area contributed by atoms with E-state index in [1.807, 2.05) is 0 Å². The van der Waals surface area contributed by atoms with E-state index >= 15 is 0 Å². The van der Waals surface area contributed by atoms with Crippen molar-refractivity contribution in [3.63, 3.8) is 0 Å². The Morgan fingerprint density at radius 2 is 1.91 bits per heavy atom. The zero-order valence-electron chi connectivity index (χ0n) is 18.4. The zero-order chi connectivity index (χ0) is 23.5. The van der Waals surface area contributed by atoms with Crippen molar-refractivity contribution < 1.29 is 19.1 Å². The van der Waals surface area contributed by atoms with E-state index in [1.54, 1.807) is 74.5 Å². The number of anilines is 2. The molecular formula is C22H21N7O4. The van der Waals surface area contributed by atoms with Crippen molar-refractivity contribution >= 4 is 29.3 Å². The largest absolute Gasteiger partial charge is 0.497 e. The summed E-state index contributed by atoms with van der Waals surface area (Å²) in [7, 11) is 4.45. The first-order chi connectivity index (χ1) is 15.9. The summed E-state index contributed by atoms with van der Waals surface area (Å²) in [6.45, 7) is 1.79. The van der Waals surface area contributed by atoms with Crippen LogP contribution in [0.15, 0.2) is 49.1 Å². The van der Waals surface area contributed by atoms with Gasteiger partial charge in [-0.15, -0.1) is 0 Å². The number of hydrogen-bond acceptors (Lipinski definition) is 8. The van der Waals surface area contributed by atoms with Crippen molar-refractivity contribution in [3.05, 3.63) is 60.4 Å². The molecule has 0 saturated heterocycles. The highest BCUT2D eigenvalue weighted by molar-refractivity contribution is 6.04. The van der Waals surface area contributed by atoms with Crippen LogP contribution in [0.3, 0.4) is 0 Å². The number of ether oxygens (including phenoxy) is 2. The number of methoxy groups -OCH3 is 2. The Morgan fingerprint density at radius 3 is 2.61 bits per heavy atom. The molecule has 0 aliphatic rings. The number of nitrogens with zero attached hydrogens (tertiary/aromatic N) is 6. The second-order valence-electron chi connectivity index (χ2n) is 7.02. The molecule has 2 amide bonds. The predicted octanol–water partition coefficient (Wildman–Crippen LogP) is 2.96. The van der Waals surface area contributed by atoms with E-state index in [2.05, 4.69) is 30.0 Å². The fourth-order valence-electron chi connectivity index (χ4n) is 3.22. The van der Waals surface area contributed by atoms with Gasteiger partial charge >= 0.3 is 6.09 Å². The maximum atomic E-state index is 13.2. The van der Waals surface area contributed by atoms with E-state index in [0.29, 0.717) is 34.4 Å². The van der Waals surface area contributed by atoms with Crippen molar-refractivity contribution in [2.24, 2.45) is 0 Å². The van der Waals surface area contributed by atoms with Crippen molar-refractivity contribution in [3.8, 4) is 17.0 Å². The molecule has 0 aliphatic heterocycles. The number of hydrogen-bond donors (Lipinski definition) is 1. The molecule has 168 valence electrons. The molecule has 1 N–H and O–H groups in total. The quantitative estimate of drug-likeness (QED) is 0.495. The molecule has 11 heteroatoms. The van der Waals surface area contributed by atoms with Gasteiger partial charge in [0.2, 0.25) is 0 Å². The van der Waals surface area contributed by atoms with Crippen LogP contribution in [-0.4, -0.2) is 57.6 Å². The Balaban J connectivity index is 1.68. The van der Waals surface area contributed by atoms with Crippen LogP contribution in [0.2, 0.25) is 0 Å². The number of aromatic nitrogens is 5. The molecule has 0 fully saturated rings. The highest BCUT2D eigenvalue weighted by Gasteiger charge is 2.20. The van der Waals surface area contributed by atoms with Crippen LogP contribution < -0.4 is 15.0 Å². The van der Waals surface area contributed by atoms with E-state index in [9.17, 15) is 9.59 Å². The highest BCUT2D eigenvalue weighted by Crippen LogP contribution is 2.24. The molecule has 11 nitrogen and oxygen atoms in total. The van der Waals surface area contributed by atoms with Crippen molar-refractivity contribution in [1.82, 2.24) is 24.3 Å². The SMILES string of the molecule is COC(=O)Nc1ccc(-c2cnc3c(C)nc(C(=O)N(C)c4cc(OC)ccn4)cn23)cn1. The van der Waals surface area contributed by atoms with Crippen molar-refractivity contribution in [1.29, 1.82) is 0 Å². The lowest BCUT2D eigenvalue weighted by atomic mass is 10.2. The Morgan fingerprint density at radius 1 is 1.09 bits per heavy atom. The van der Waals surface area contributed by atoms with Gasteiger partial charge in [-0.3, -0.25) is 19.4 Å². The molecule has 0 atom stereocenters. The third-order valence-corrected chi connectivity index (χ3v) is 4.95. The van der Waals surface area contributed by atoms with Crippen molar-refractivity contribution in [2.75, 3.05) is 31.5 Å². The van der Waals surface area contributed by atoms with Gasteiger partial charge in [-0.05, 0) is 25.1 Å². The first kappa shape index (κ1) is 21.7. The number of amides is 2. The van der Waals surface area contributed by atoms with Crippen LogP contribution in [0.1, 0.15) is 16.2 Å². The van der Waals surface area contributed by atoms with Crippen LogP contribution in [0.4, 0.5) is 16.4 Å². The molecule has 0 unspecified atom stereocenters. The van der Waals surface area contributed by atoms with Gasteiger partial charge in [0.05, 0.1) is 31.8 Å². The number of carbonyl (C=O) groups is 2. The predicted molar refractivity (Wildman–Crippen MR) is 121 cm³/mol. The summed E-state index contributed by atoms with van der Waals surface area (Å²) >= 11 is 0. The molecule has 4 rings (SSSR count). The summed E-state index contributed by atoms with van der Waals surface area (Å²) in [6.07, 6.45) is 5.86. The van der Waals surface area contributed by atoms with Crippen molar-refractivity contribution in [2.45, 2.75) is 6.92 Å².